The standard InChI is InChI=1S/C20H15BrFN3O3/c1-11-6-16-17(28-5-4-27-16)8-14(11)12-2-3-18(23-9-12)25-20(26)19-15(22)7-13(21)10-24-19/h2-3,6-10H,4-5H2,1H3,(H,23,25,26). The van der Waals surface area contributed by atoms with Crippen LogP contribution in [0.5, 0.6) is 11.5 Å². The molecule has 0 atom stereocenters. The zero-order valence-electron chi connectivity index (χ0n) is 14.8. The number of pyridine rings is 2. The molecule has 3 aromatic rings. The number of nitrogens with zero attached hydrogens (tertiary/aromatic N) is 2. The van der Waals surface area contributed by atoms with Gasteiger partial charge in [-0.2, -0.15) is 0 Å². The quantitative estimate of drug-likeness (QED) is 0.650. The molecule has 6 nitrogen and oxygen atoms in total. The molecule has 0 saturated carbocycles. The van der Waals surface area contributed by atoms with Gasteiger partial charge in [0.1, 0.15) is 19.0 Å². The van der Waals surface area contributed by atoms with Crippen LogP contribution in [0.25, 0.3) is 11.1 Å². The maximum atomic E-state index is 13.9. The number of aromatic nitrogens is 2. The molecule has 0 unspecified atom stereocenters. The summed E-state index contributed by atoms with van der Waals surface area (Å²) in [6.45, 7) is 3.03. The van der Waals surface area contributed by atoms with E-state index < -0.39 is 11.7 Å². The summed E-state index contributed by atoms with van der Waals surface area (Å²) in [6.07, 6.45) is 3.00. The maximum absolute atomic E-state index is 13.9. The van der Waals surface area contributed by atoms with Gasteiger partial charge in [0.15, 0.2) is 23.0 Å². The molecule has 0 radical (unpaired) electrons. The van der Waals surface area contributed by atoms with Crippen molar-refractivity contribution in [1.82, 2.24) is 9.97 Å². The van der Waals surface area contributed by atoms with E-state index in [1.807, 2.05) is 25.1 Å². The summed E-state index contributed by atoms with van der Waals surface area (Å²) in [5, 5.41) is 2.55. The fraction of sp³-hybridized carbons (Fsp3) is 0.150. The number of rotatable bonds is 3. The molecule has 142 valence electrons. The second kappa shape index (κ2) is 7.55. The minimum atomic E-state index is -0.713. The van der Waals surface area contributed by atoms with Crippen molar-refractivity contribution in [2.24, 2.45) is 0 Å². The molecule has 1 N–H and O–H groups in total. The highest BCUT2D eigenvalue weighted by Gasteiger charge is 2.17. The number of aryl methyl sites for hydroxylation is 1. The first kappa shape index (κ1) is 18.4. The van der Waals surface area contributed by atoms with Gasteiger partial charge in [0.2, 0.25) is 0 Å². The molecule has 1 aliphatic rings. The molecule has 1 aromatic carbocycles. The van der Waals surface area contributed by atoms with Crippen LogP contribution in [0.1, 0.15) is 16.1 Å². The van der Waals surface area contributed by atoms with Gasteiger partial charge in [-0.15, -0.1) is 0 Å². The van der Waals surface area contributed by atoms with Gasteiger partial charge in [-0.3, -0.25) is 4.79 Å². The molecule has 0 fully saturated rings. The second-order valence-electron chi connectivity index (χ2n) is 6.18. The predicted octanol–water partition coefficient (Wildman–Crippen LogP) is 4.38. The number of carbonyl (C=O) groups is 1. The zero-order valence-corrected chi connectivity index (χ0v) is 16.4. The molecule has 0 aliphatic carbocycles. The van der Waals surface area contributed by atoms with Crippen LogP contribution in [0.4, 0.5) is 10.2 Å². The lowest BCUT2D eigenvalue weighted by Gasteiger charge is -2.20. The molecule has 0 spiro atoms. The number of ether oxygens (including phenoxy) is 2. The van der Waals surface area contributed by atoms with Crippen molar-refractivity contribution in [2.75, 3.05) is 18.5 Å². The molecule has 28 heavy (non-hydrogen) atoms. The molecule has 1 amide bonds. The summed E-state index contributed by atoms with van der Waals surface area (Å²) in [5.74, 6) is 0.346. The van der Waals surface area contributed by atoms with E-state index in [2.05, 4.69) is 31.2 Å². The van der Waals surface area contributed by atoms with Crippen molar-refractivity contribution in [3.63, 3.8) is 0 Å². The van der Waals surface area contributed by atoms with Gasteiger partial charge in [0, 0.05) is 22.4 Å². The summed E-state index contributed by atoms with van der Waals surface area (Å²) in [5.41, 5.74) is 2.54. The summed E-state index contributed by atoms with van der Waals surface area (Å²) in [7, 11) is 0. The molecular formula is C20H15BrFN3O3. The number of fused-ring (bicyclic) bond motifs is 1. The number of hydrogen-bond donors (Lipinski definition) is 1. The summed E-state index contributed by atoms with van der Waals surface area (Å²) >= 11 is 3.11. The third-order valence-electron chi connectivity index (χ3n) is 4.23. The Hall–Kier alpha value is -3.00. The van der Waals surface area contributed by atoms with E-state index in [1.165, 1.54) is 12.3 Å². The van der Waals surface area contributed by atoms with Crippen molar-refractivity contribution in [1.29, 1.82) is 0 Å². The van der Waals surface area contributed by atoms with E-state index in [1.54, 1.807) is 12.3 Å². The number of hydrogen-bond acceptors (Lipinski definition) is 5. The Bertz CT molecular complexity index is 1060. The summed E-state index contributed by atoms with van der Waals surface area (Å²) in [4.78, 5) is 20.3. The summed E-state index contributed by atoms with van der Waals surface area (Å²) < 4.78 is 25.6. The average molecular weight is 444 g/mol. The van der Waals surface area contributed by atoms with Gasteiger partial charge >= 0.3 is 0 Å². The van der Waals surface area contributed by atoms with Gasteiger partial charge in [-0.1, -0.05) is 0 Å². The highest BCUT2D eigenvalue weighted by atomic mass is 79.9. The molecule has 2 aromatic heterocycles. The first-order chi connectivity index (χ1) is 13.5. The highest BCUT2D eigenvalue weighted by Crippen LogP contribution is 2.37. The van der Waals surface area contributed by atoms with E-state index in [-0.39, 0.29) is 5.69 Å². The molecular weight excluding hydrogens is 429 g/mol. The Kier molecular flexibility index (Phi) is 4.95. The highest BCUT2D eigenvalue weighted by molar-refractivity contribution is 9.10. The largest absolute Gasteiger partial charge is 0.486 e. The third kappa shape index (κ3) is 3.68. The fourth-order valence-electron chi connectivity index (χ4n) is 2.89. The molecule has 1 aliphatic heterocycles. The van der Waals surface area contributed by atoms with Crippen LogP contribution in [0.3, 0.4) is 0 Å². The minimum Gasteiger partial charge on any atom is -0.486 e. The van der Waals surface area contributed by atoms with Crippen molar-refractivity contribution in [3.8, 4) is 22.6 Å². The number of anilines is 1. The van der Waals surface area contributed by atoms with Crippen LogP contribution < -0.4 is 14.8 Å². The predicted molar refractivity (Wildman–Crippen MR) is 105 cm³/mol. The van der Waals surface area contributed by atoms with Crippen LogP contribution in [-0.4, -0.2) is 29.1 Å². The first-order valence-corrected chi connectivity index (χ1v) is 9.29. The Morgan fingerprint density at radius 3 is 2.54 bits per heavy atom. The van der Waals surface area contributed by atoms with Crippen molar-refractivity contribution in [3.05, 3.63) is 64.3 Å². The van der Waals surface area contributed by atoms with Gasteiger partial charge in [0.05, 0.1) is 0 Å². The fourth-order valence-corrected chi connectivity index (χ4v) is 3.19. The van der Waals surface area contributed by atoms with Gasteiger partial charge in [0.25, 0.3) is 5.91 Å². The van der Waals surface area contributed by atoms with E-state index in [0.717, 1.165) is 22.4 Å². The number of benzene rings is 1. The molecule has 8 heteroatoms. The monoisotopic (exact) mass is 443 g/mol. The van der Waals surface area contributed by atoms with E-state index in [4.69, 9.17) is 9.47 Å². The third-order valence-corrected chi connectivity index (χ3v) is 4.66. The van der Waals surface area contributed by atoms with Crippen LogP contribution >= 0.6 is 15.9 Å². The van der Waals surface area contributed by atoms with E-state index in [9.17, 15) is 9.18 Å². The average Bonchev–Trinajstić information content (AvgIpc) is 2.68. The van der Waals surface area contributed by atoms with Gasteiger partial charge < -0.3 is 14.8 Å². The van der Waals surface area contributed by atoms with Crippen LogP contribution in [0, 0.1) is 12.7 Å². The van der Waals surface area contributed by atoms with Crippen LogP contribution in [0.15, 0.2) is 47.2 Å². The van der Waals surface area contributed by atoms with Crippen molar-refractivity contribution < 1.29 is 18.7 Å². The lowest BCUT2D eigenvalue weighted by atomic mass is 10.0. The van der Waals surface area contributed by atoms with Crippen molar-refractivity contribution in [2.45, 2.75) is 6.92 Å². The molecule has 0 bridgehead atoms. The molecule has 3 heterocycles. The topological polar surface area (TPSA) is 73.3 Å². The Morgan fingerprint density at radius 1 is 1.11 bits per heavy atom. The lowest BCUT2D eigenvalue weighted by molar-refractivity contribution is 0.101. The number of halogens is 2. The van der Waals surface area contributed by atoms with Crippen LogP contribution in [-0.2, 0) is 0 Å². The maximum Gasteiger partial charge on any atom is 0.278 e. The zero-order chi connectivity index (χ0) is 19.7. The normalized spacial score (nSPS) is 12.5. The smallest absolute Gasteiger partial charge is 0.278 e. The SMILES string of the molecule is Cc1cc2c(cc1-c1ccc(NC(=O)c3ncc(Br)cc3F)nc1)OCCO2. The number of amides is 1. The minimum absolute atomic E-state index is 0.295. The summed E-state index contributed by atoms with van der Waals surface area (Å²) in [6, 6.07) is 8.51. The lowest BCUT2D eigenvalue weighted by Crippen LogP contribution is -2.16. The van der Waals surface area contributed by atoms with E-state index in [0.29, 0.717) is 29.3 Å². The Morgan fingerprint density at radius 2 is 1.86 bits per heavy atom. The van der Waals surface area contributed by atoms with Crippen molar-refractivity contribution >= 4 is 27.7 Å². The number of carbonyl (C=O) groups excluding carboxylic acids is 1. The van der Waals surface area contributed by atoms with Gasteiger partial charge in [-0.05, 0) is 64.3 Å². The van der Waals surface area contributed by atoms with E-state index >= 15 is 0 Å². The second-order valence-corrected chi connectivity index (χ2v) is 7.10. The number of nitrogens with one attached hydrogen (secondary N) is 1. The van der Waals surface area contributed by atoms with Gasteiger partial charge in [-0.25, -0.2) is 14.4 Å². The molecule has 4 rings (SSSR count). The first-order valence-electron chi connectivity index (χ1n) is 8.50. The Labute approximate surface area is 168 Å². The van der Waals surface area contributed by atoms with Crippen LogP contribution in [0.2, 0.25) is 0 Å². The molecule has 0 saturated heterocycles. The Balaban J connectivity index is 1.55.